The molecule has 4 rings (SSSR count). The second kappa shape index (κ2) is 10.0. The summed E-state index contributed by atoms with van der Waals surface area (Å²) >= 11 is 0. The van der Waals surface area contributed by atoms with Crippen molar-refractivity contribution in [2.45, 2.75) is 43.0 Å². The lowest BCUT2D eigenvalue weighted by molar-refractivity contribution is -0.121. The van der Waals surface area contributed by atoms with E-state index in [1.807, 2.05) is 0 Å². The van der Waals surface area contributed by atoms with Crippen LogP contribution in [0.4, 0.5) is 8.78 Å². The number of carbonyl (C=O) groups excluding carboxylic acids is 1. The Hall–Kier alpha value is -2.72. The number of hydrogen-bond donors (Lipinski definition) is 1. The Bertz CT molecular complexity index is 1190. The number of piperidine rings is 1. The highest BCUT2D eigenvalue weighted by molar-refractivity contribution is 7.89. The van der Waals surface area contributed by atoms with Gasteiger partial charge in [0.05, 0.1) is 10.3 Å². The van der Waals surface area contributed by atoms with Crippen molar-refractivity contribution in [1.82, 2.24) is 14.6 Å². The van der Waals surface area contributed by atoms with Crippen molar-refractivity contribution in [3.8, 4) is 0 Å². The second-order valence-corrected chi connectivity index (χ2v) is 10.4. The number of benzene rings is 1. The summed E-state index contributed by atoms with van der Waals surface area (Å²) in [5.74, 6) is -1.55. The summed E-state index contributed by atoms with van der Waals surface area (Å²) in [5.41, 5.74) is 0. The molecule has 1 aromatic carbocycles. The molecule has 2 aliphatic rings. The number of aromatic nitrogens is 1. The average molecular weight is 477 g/mol. The number of fused-ring (bicyclic) bond motifs is 1. The van der Waals surface area contributed by atoms with E-state index < -0.39 is 27.7 Å². The third-order valence-corrected chi connectivity index (χ3v) is 7.97. The van der Waals surface area contributed by atoms with Crippen molar-refractivity contribution in [3.05, 3.63) is 58.9 Å². The van der Waals surface area contributed by atoms with E-state index in [1.165, 1.54) is 4.31 Å². The van der Waals surface area contributed by atoms with Gasteiger partial charge in [0.2, 0.25) is 15.9 Å². The van der Waals surface area contributed by atoms with E-state index >= 15 is 0 Å². The smallest absolute Gasteiger partial charge is 0.248 e. The minimum absolute atomic E-state index is 0.126. The van der Waals surface area contributed by atoms with E-state index in [0.29, 0.717) is 44.5 Å². The molecule has 1 atom stereocenters. The molecule has 1 N–H and O–H groups in total. The van der Waals surface area contributed by atoms with Crippen LogP contribution in [0.1, 0.15) is 32.1 Å². The Labute approximate surface area is 191 Å². The first-order valence-electron chi connectivity index (χ1n) is 11.1. The summed E-state index contributed by atoms with van der Waals surface area (Å²) in [6.07, 6.45) is 9.23. The van der Waals surface area contributed by atoms with Gasteiger partial charge in [-0.3, -0.25) is 14.8 Å². The number of nitrogens with one attached hydrogen (secondary N) is 1. The molecule has 10 heteroatoms. The predicted octanol–water partition coefficient (Wildman–Crippen LogP) is 1.53. The largest absolute Gasteiger partial charge is 0.354 e. The SMILES string of the molecule is O=C(NCCCCC1CCN(S(=O)(=O)c2cc(F)cc(F)c2)CC1)C1C=c2cnccc2=N1. The molecule has 33 heavy (non-hydrogen) atoms. The Balaban J connectivity index is 1.17. The molecule has 1 unspecified atom stereocenters. The summed E-state index contributed by atoms with van der Waals surface area (Å²) in [5, 5.41) is 4.57. The topological polar surface area (TPSA) is 91.7 Å². The predicted molar refractivity (Wildman–Crippen MR) is 118 cm³/mol. The summed E-state index contributed by atoms with van der Waals surface area (Å²) < 4.78 is 53.5. The van der Waals surface area contributed by atoms with Gasteiger partial charge in [0.25, 0.3) is 0 Å². The van der Waals surface area contributed by atoms with Crippen LogP contribution in [0.2, 0.25) is 0 Å². The Kier molecular flexibility index (Phi) is 7.14. The van der Waals surface area contributed by atoms with Gasteiger partial charge in [0.1, 0.15) is 17.7 Å². The first-order chi connectivity index (χ1) is 15.8. The van der Waals surface area contributed by atoms with Gasteiger partial charge in [-0.2, -0.15) is 4.31 Å². The van der Waals surface area contributed by atoms with Gasteiger partial charge >= 0.3 is 0 Å². The van der Waals surface area contributed by atoms with Crippen molar-refractivity contribution in [2.24, 2.45) is 10.9 Å². The van der Waals surface area contributed by atoms with Crippen LogP contribution >= 0.6 is 0 Å². The number of sulfonamides is 1. The Morgan fingerprint density at radius 1 is 1.12 bits per heavy atom. The normalized spacial score (nSPS) is 18.9. The zero-order valence-corrected chi connectivity index (χ0v) is 18.9. The highest BCUT2D eigenvalue weighted by Gasteiger charge is 2.30. The number of rotatable bonds is 8. The zero-order chi connectivity index (χ0) is 23.4. The lowest BCUT2D eigenvalue weighted by Crippen LogP contribution is -2.38. The highest BCUT2D eigenvalue weighted by Crippen LogP contribution is 2.27. The van der Waals surface area contributed by atoms with Crippen LogP contribution in [0, 0.1) is 17.6 Å². The first kappa shape index (κ1) is 23.4. The molecule has 1 saturated heterocycles. The fraction of sp³-hybridized carbons (Fsp3) is 0.435. The fourth-order valence-corrected chi connectivity index (χ4v) is 5.79. The van der Waals surface area contributed by atoms with Crippen LogP contribution in [0.3, 0.4) is 0 Å². The zero-order valence-electron chi connectivity index (χ0n) is 18.1. The quantitative estimate of drug-likeness (QED) is 0.585. The van der Waals surface area contributed by atoms with Gasteiger partial charge in [0, 0.05) is 43.3 Å². The molecule has 0 bridgehead atoms. The fourth-order valence-electron chi connectivity index (χ4n) is 4.28. The van der Waals surface area contributed by atoms with E-state index in [1.54, 1.807) is 24.5 Å². The standard InChI is InChI=1S/C23H26F2N4O3S/c24-18-12-19(25)14-20(13-18)33(31,32)29-9-5-16(6-10-29)3-1-2-7-27-23(30)22-11-17-15-26-8-4-21(17)28-22/h4,8,11-16,22H,1-3,5-7,9-10H2,(H,27,30). The van der Waals surface area contributed by atoms with Crippen molar-refractivity contribution in [2.75, 3.05) is 19.6 Å². The van der Waals surface area contributed by atoms with Gasteiger partial charge in [-0.1, -0.05) is 12.8 Å². The van der Waals surface area contributed by atoms with Gasteiger partial charge in [-0.05, 0) is 49.5 Å². The van der Waals surface area contributed by atoms with E-state index in [4.69, 9.17) is 0 Å². The molecule has 0 aliphatic carbocycles. The molecule has 1 fully saturated rings. The van der Waals surface area contributed by atoms with Crippen molar-refractivity contribution in [1.29, 1.82) is 0 Å². The molecule has 2 aromatic rings. The van der Waals surface area contributed by atoms with Crippen LogP contribution in [0.25, 0.3) is 6.08 Å². The van der Waals surface area contributed by atoms with E-state index in [0.717, 1.165) is 42.0 Å². The van der Waals surface area contributed by atoms with Crippen molar-refractivity contribution < 1.29 is 22.0 Å². The van der Waals surface area contributed by atoms with Gasteiger partial charge in [0.15, 0.2) is 0 Å². The number of halogens is 2. The molecule has 3 heterocycles. The molecule has 1 aromatic heterocycles. The molecule has 2 aliphatic heterocycles. The van der Waals surface area contributed by atoms with Gasteiger partial charge in [-0.25, -0.2) is 17.2 Å². The number of amides is 1. The second-order valence-electron chi connectivity index (χ2n) is 8.41. The first-order valence-corrected chi connectivity index (χ1v) is 12.5. The minimum atomic E-state index is -3.91. The molecule has 1 amide bonds. The summed E-state index contributed by atoms with van der Waals surface area (Å²) in [6.45, 7) is 1.22. The van der Waals surface area contributed by atoms with Crippen LogP contribution in [-0.2, 0) is 14.8 Å². The molecular weight excluding hydrogens is 450 g/mol. The average Bonchev–Trinajstić information content (AvgIpc) is 3.23. The van der Waals surface area contributed by atoms with Crippen molar-refractivity contribution >= 4 is 22.0 Å². The van der Waals surface area contributed by atoms with Gasteiger partial charge < -0.3 is 5.32 Å². The van der Waals surface area contributed by atoms with Crippen LogP contribution in [0.15, 0.2) is 46.5 Å². The molecule has 176 valence electrons. The Morgan fingerprint density at radius 3 is 2.55 bits per heavy atom. The number of hydrogen-bond acceptors (Lipinski definition) is 5. The van der Waals surface area contributed by atoms with Gasteiger partial charge in [-0.15, -0.1) is 0 Å². The van der Waals surface area contributed by atoms with Crippen LogP contribution in [-0.4, -0.2) is 49.3 Å². The van der Waals surface area contributed by atoms with Crippen LogP contribution < -0.4 is 15.9 Å². The monoisotopic (exact) mass is 476 g/mol. The maximum Gasteiger partial charge on any atom is 0.248 e. The molecule has 0 spiro atoms. The number of unbranched alkanes of at least 4 members (excludes halogenated alkanes) is 1. The van der Waals surface area contributed by atoms with E-state index in [-0.39, 0.29) is 10.8 Å². The van der Waals surface area contributed by atoms with E-state index in [9.17, 15) is 22.0 Å². The maximum absolute atomic E-state index is 13.4. The summed E-state index contributed by atoms with van der Waals surface area (Å²) in [7, 11) is -3.91. The number of pyridine rings is 1. The minimum Gasteiger partial charge on any atom is -0.354 e. The number of carbonyl (C=O) groups is 1. The molecular formula is C23H26F2N4O3S. The molecule has 0 saturated carbocycles. The van der Waals surface area contributed by atoms with Crippen molar-refractivity contribution in [3.63, 3.8) is 0 Å². The summed E-state index contributed by atoms with van der Waals surface area (Å²) in [6, 6.07) is 3.63. The third kappa shape index (κ3) is 5.62. The van der Waals surface area contributed by atoms with Crippen LogP contribution in [0.5, 0.6) is 0 Å². The number of nitrogens with zero attached hydrogens (tertiary/aromatic N) is 3. The maximum atomic E-state index is 13.4. The lowest BCUT2D eigenvalue weighted by Gasteiger charge is -2.31. The van der Waals surface area contributed by atoms with E-state index in [2.05, 4.69) is 15.3 Å². The Morgan fingerprint density at radius 2 is 1.85 bits per heavy atom. The molecule has 0 radical (unpaired) electrons. The highest BCUT2D eigenvalue weighted by atomic mass is 32.2. The summed E-state index contributed by atoms with van der Waals surface area (Å²) in [4.78, 5) is 20.4. The third-order valence-electron chi connectivity index (χ3n) is 6.10. The molecule has 7 nitrogen and oxygen atoms in total. The lowest BCUT2D eigenvalue weighted by atomic mass is 9.92.